The molecule has 0 aliphatic rings. The van der Waals surface area contributed by atoms with Crippen LogP contribution in [0.1, 0.15) is 10.4 Å². The van der Waals surface area contributed by atoms with E-state index in [1.54, 1.807) is 18.2 Å². The summed E-state index contributed by atoms with van der Waals surface area (Å²) in [7, 11) is -2.99. The highest BCUT2D eigenvalue weighted by Gasteiger charge is 2.41. The standard InChI is InChI=1S/C55H38O3S/c56-53-35-14-13-31-50(53)55(57)58-59(42-24-3-1-4-25-42,43-26-5-2-6-27-43)54-51(48-33-16-22-39-19-8-11-29-45(39)48)36-41(47-32-15-21-38-18-7-10-28-44(38)47)37-52(54)49-34-17-23-40-20-9-12-30-46(40)49/h1-37,56H. The largest absolute Gasteiger partial charge is 0.507 e. The van der Waals surface area contributed by atoms with Gasteiger partial charge in [0.1, 0.15) is 11.3 Å². The van der Waals surface area contributed by atoms with E-state index in [4.69, 9.17) is 4.18 Å². The summed E-state index contributed by atoms with van der Waals surface area (Å²) in [4.78, 5) is 17.6. The van der Waals surface area contributed by atoms with E-state index in [-0.39, 0.29) is 11.3 Å². The average Bonchev–Trinajstić information content (AvgIpc) is 3.30. The van der Waals surface area contributed by atoms with Crippen molar-refractivity contribution in [2.45, 2.75) is 14.7 Å². The van der Waals surface area contributed by atoms with Gasteiger partial charge in [0.15, 0.2) is 0 Å². The summed E-state index contributed by atoms with van der Waals surface area (Å²) < 4.78 is 7.31. The molecule has 10 rings (SSSR count). The first-order chi connectivity index (χ1) is 29.1. The van der Waals surface area contributed by atoms with Crippen molar-refractivity contribution in [2.24, 2.45) is 0 Å². The lowest BCUT2D eigenvalue weighted by Crippen LogP contribution is -2.16. The topological polar surface area (TPSA) is 46.5 Å². The van der Waals surface area contributed by atoms with Crippen LogP contribution in [0, 0.1) is 0 Å². The van der Waals surface area contributed by atoms with Gasteiger partial charge in [0, 0.05) is 14.7 Å². The minimum absolute atomic E-state index is 0.0991. The Hall–Kier alpha value is -7.40. The number of phenols is 1. The zero-order chi connectivity index (χ0) is 39.8. The van der Waals surface area contributed by atoms with Gasteiger partial charge >= 0.3 is 5.97 Å². The van der Waals surface area contributed by atoms with Gasteiger partial charge in [-0.15, -0.1) is 0 Å². The first-order valence-electron chi connectivity index (χ1n) is 19.7. The number of hydrogen-bond donors (Lipinski definition) is 1. The number of fused-ring (bicyclic) bond motifs is 3. The zero-order valence-corrected chi connectivity index (χ0v) is 32.9. The number of rotatable bonds is 8. The van der Waals surface area contributed by atoms with E-state index in [1.165, 1.54) is 6.07 Å². The smallest absolute Gasteiger partial charge is 0.353 e. The van der Waals surface area contributed by atoms with Crippen molar-refractivity contribution in [2.75, 3.05) is 0 Å². The number of benzene rings is 10. The van der Waals surface area contributed by atoms with E-state index in [0.29, 0.717) is 0 Å². The average molecular weight is 779 g/mol. The lowest BCUT2D eigenvalue weighted by molar-refractivity contribution is 0.0754. The highest BCUT2D eigenvalue weighted by atomic mass is 32.3. The van der Waals surface area contributed by atoms with E-state index in [0.717, 1.165) is 80.4 Å². The van der Waals surface area contributed by atoms with E-state index in [1.807, 2.05) is 36.4 Å². The molecule has 0 aliphatic carbocycles. The van der Waals surface area contributed by atoms with Gasteiger partial charge in [0.05, 0.1) is 0 Å². The zero-order valence-electron chi connectivity index (χ0n) is 32.0. The lowest BCUT2D eigenvalue weighted by Gasteiger charge is -2.42. The van der Waals surface area contributed by atoms with Gasteiger partial charge in [-0.2, -0.15) is 0 Å². The highest BCUT2D eigenvalue weighted by molar-refractivity contribution is 8.30. The molecule has 0 amide bonds. The van der Waals surface area contributed by atoms with Crippen LogP contribution in [0.5, 0.6) is 5.75 Å². The van der Waals surface area contributed by atoms with Crippen molar-refractivity contribution in [3.8, 4) is 39.1 Å². The Kier molecular flexibility index (Phi) is 9.25. The van der Waals surface area contributed by atoms with Gasteiger partial charge in [-0.25, -0.2) is 4.79 Å². The Morgan fingerprint density at radius 2 is 0.780 bits per heavy atom. The molecule has 0 heterocycles. The Balaban J connectivity index is 1.44. The fourth-order valence-electron chi connectivity index (χ4n) is 8.43. The van der Waals surface area contributed by atoms with E-state index >= 15 is 0 Å². The monoisotopic (exact) mass is 778 g/mol. The summed E-state index contributed by atoms with van der Waals surface area (Å²) in [6.07, 6.45) is 0. The third-order valence-corrected chi connectivity index (χ3v) is 14.4. The van der Waals surface area contributed by atoms with Crippen molar-refractivity contribution >= 4 is 48.6 Å². The molecule has 0 spiro atoms. The maximum atomic E-state index is 15.0. The molecule has 0 aromatic heterocycles. The van der Waals surface area contributed by atoms with Crippen LogP contribution in [0.15, 0.2) is 239 Å². The number of hydrogen-bond acceptors (Lipinski definition) is 3. The molecular formula is C55H38O3S. The van der Waals surface area contributed by atoms with Crippen molar-refractivity contribution in [1.29, 1.82) is 0 Å². The number of carbonyl (C=O) groups excluding carboxylic acids is 1. The maximum Gasteiger partial charge on any atom is 0.353 e. The molecule has 59 heavy (non-hydrogen) atoms. The molecule has 4 heteroatoms. The number of carbonyl (C=O) groups is 1. The molecule has 0 unspecified atom stereocenters. The normalized spacial score (nSPS) is 11.8. The van der Waals surface area contributed by atoms with Gasteiger partial charge in [0.25, 0.3) is 0 Å². The van der Waals surface area contributed by atoms with Crippen LogP contribution < -0.4 is 0 Å². The minimum atomic E-state index is -2.99. The van der Waals surface area contributed by atoms with E-state index in [2.05, 4.69) is 164 Å². The van der Waals surface area contributed by atoms with E-state index in [9.17, 15) is 9.90 Å². The molecule has 0 fully saturated rings. The number of phenolic OH excluding ortho intramolecular Hbond substituents is 1. The molecule has 0 bridgehead atoms. The predicted molar refractivity (Wildman–Crippen MR) is 244 cm³/mol. The van der Waals surface area contributed by atoms with Crippen molar-refractivity contribution < 1.29 is 14.1 Å². The molecule has 10 aromatic carbocycles. The fraction of sp³-hybridized carbons (Fsp3) is 0. The van der Waals surface area contributed by atoms with Gasteiger partial charge in [-0.3, -0.25) is 0 Å². The second kappa shape index (κ2) is 15.2. The lowest BCUT2D eigenvalue weighted by atomic mass is 9.88. The van der Waals surface area contributed by atoms with Gasteiger partial charge in [-0.1, -0.05) is 176 Å². The second-order valence-corrected chi connectivity index (χ2v) is 17.2. The first-order valence-corrected chi connectivity index (χ1v) is 21.2. The Bertz CT molecular complexity index is 3020. The van der Waals surface area contributed by atoms with Gasteiger partial charge < -0.3 is 9.29 Å². The molecule has 10 aromatic rings. The van der Waals surface area contributed by atoms with Crippen LogP contribution in [0.2, 0.25) is 0 Å². The predicted octanol–water partition coefficient (Wildman–Crippen LogP) is 14.9. The maximum absolute atomic E-state index is 15.0. The molecule has 0 atom stereocenters. The summed E-state index contributed by atoms with van der Waals surface area (Å²) in [5.41, 5.74) is 6.17. The van der Waals surface area contributed by atoms with Crippen LogP contribution >= 0.6 is 10.3 Å². The van der Waals surface area contributed by atoms with Crippen molar-refractivity contribution in [3.05, 3.63) is 230 Å². The van der Waals surface area contributed by atoms with Crippen molar-refractivity contribution in [3.63, 3.8) is 0 Å². The van der Waals surface area contributed by atoms with Gasteiger partial charge in [-0.05, 0) is 125 Å². The summed E-state index contributed by atoms with van der Waals surface area (Å²) in [6.45, 7) is 0. The van der Waals surface area contributed by atoms with E-state index < -0.39 is 16.3 Å². The Morgan fingerprint density at radius 1 is 0.390 bits per heavy atom. The molecule has 3 nitrogen and oxygen atoms in total. The molecule has 0 saturated heterocycles. The van der Waals surface area contributed by atoms with Crippen LogP contribution in [-0.4, -0.2) is 11.1 Å². The Labute approximate surface area is 345 Å². The molecule has 1 N–H and O–H groups in total. The van der Waals surface area contributed by atoms with Crippen molar-refractivity contribution in [1.82, 2.24) is 0 Å². The molecule has 0 saturated carbocycles. The summed E-state index contributed by atoms with van der Waals surface area (Å²) in [5.74, 6) is -0.751. The SMILES string of the molecule is O=C(OS(c1ccccc1)(c1ccccc1)c1c(-c2cccc3ccccc23)cc(-c2cccc3ccccc23)cc1-c1cccc2ccccc12)c1ccccc1O. The summed E-state index contributed by atoms with van der Waals surface area (Å²) in [5, 5.41) is 17.8. The second-order valence-electron chi connectivity index (χ2n) is 14.6. The molecule has 0 aliphatic heterocycles. The summed E-state index contributed by atoms with van der Waals surface area (Å²) >= 11 is 0. The van der Waals surface area contributed by atoms with Crippen LogP contribution in [0.4, 0.5) is 0 Å². The van der Waals surface area contributed by atoms with Crippen LogP contribution in [-0.2, 0) is 4.18 Å². The first kappa shape index (κ1) is 36.0. The number of aromatic hydroxyl groups is 1. The minimum Gasteiger partial charge on any atom is -0.507 e. The summed E-state index contributed by atoms with van der Waals surface area (Å²) in [6, 6.07) is 76.3. The quantitative estimate of drug-likeness (QED) is 0.167. The molecule has 0 radical (unpaired) electrons. The van der Waals surface area contributed by atoms with Crippen LogP contribution in [0.25, 0.3) is 65.7 Å². The Morgan fingerprint density at radius 3 is 1.27 bits per heavy atom. The third kappa shape index (κ3) is 6.31. The molecular weight excluding hydrogens is 741 g/mol. The molecule has 282 valence electrons. The highest BCUT2D eigenvalue weighted by Crippen LogP contribution is 2.73. The van der Waals surface area contributed by atoms with Gasteiger partial charge in [0.2, 0.25) is 0 Å². The number of para-hydroxylation sites is 1. The third-order valence-electron chi connectivity index (χ3n) is 11.1. The fourth-order valence-corrected chi connectivity index (χ4v) is 11.8. The van der Waals surface area contributed by atoms with Crippen LogP contribution in [0.3, 0.4) is 0 Å².